The van der Waals surface area contributed by atoms with E-state index < -0.39 is 0 Å². The number of carbonyl (C=O) groups is 1. The molecule has 0 aromatic heterocycles. The molecule has 114 valence electrons. The van der Waals surface area contributed by atoms with Crippen molar-refractivity contribution in [3.05, 3.63) is 34.9 Å². The van der Waals surface area contributed by atoms with Crippen LogP contribution in [-0.2, 0) is 10.2 Å². The van der Waals surface area contributed by atoms with Gasteiger partial charge in [0.15, 0.2) is 0 Å². The molecule has 1 aromatic carbocycles. The lowest BCUT2D eigenvalue weighted by Gasteiger charge is -2.29. The number of hydrogen-bond donors (Lipinski definition) is 0. The van der Waals surface area contributed by atoms with Gasteiger partial charge in [-0.25, -0.2) is 0 Å². The van der Waals surface area contributed by atoms with Gasteiger partial charge in [-0.2, -0.15) is 0 Å². The van der Waals surface area contributed by atoms with Gasteiger partial charge in [-0.1, -0.05) is 48.6 Å². The van der Waals surface area contributed by atoms with Gasteiger partial charge in [0.05, 0.1) is 5.41 Å². The molecule has 0 N–H and O–H groups in total. The Hall–Kier alpha value is -1.31. The Kier molecular flexibility index (Phi) is 4.05. The van der Waals surface area contributed by atoms with E-state index >= 15 is 0 Å². The molecule has 1 aromatic rings. The standard InChI is InChI=1S/C19H27NO/c1-15-12-16(2)14-17(13-15)19(8-9-19)18(21)20-10-6-4-3-5-7-11-20/h12-14H,3-11H2,1-2H3. The molecule has 2 fully saturated rings. The average molecular weight is 285 g/mol. The second-order valence-corrected chi connectivity index (χ2v) is 7.02. The Labute approximate surface area is 128 Å². The lowest BCUT2D eigenvalue weighted by atomic mass is 9.91. The first kappa shape index (κ1) is 14.6. The molecular formula is C19H27NO. The van der Waals surface area contributed by atoms with Gasteiger partial charge in [0.2, 0.25) is 5.91 Å². The summed E-state index contributed by atoms with van der Waals surface area (Å²) in [5.41, 5.74) is 3.62. The monoisotopic (exact) mass is 285 g/mol. The maximum Gasteiger partial charge on any atom is 0.233 e. The van der Waals surface area contributed by atoms with Crippen molar-refractivity contribution in [1.29, 1.82) is 0 Å². The van der Waals surface area contributed by atoms with Crippen molar-refractivity contribution in [3.63, 3.8) is 0 Å². The maximum atomic E-state index is 13.1. The van der Waals surface area contributed by atoms with Crippen LogP contribution in [0.2, 0.25) is 0 Å². The third-order valence-electron chi connectivity index (χ3n) is 5.08. The van der Waals surface area contributed by atoms with Gasteiger partial charge in [-0.05, 0) is 45.1 Å². The number of carbonyl (C=O) groups excluding carboxylic acids is 1. The second kappa shape index (κ2) is 5.82. The third kappa shape index (κ3) is 3.00. The Bertz CT molecular complexity index is 502. The lowest BCUT2D eigenvalue weighted by Crippen LogP contribution is -2.41. The molecule has 21 heavy (non-hydrogen) atoms. The van der Waals surface area contributed by atoms with Gasteiger partial charge in [0.1, 0.15) is 0 Å². The average Bonchev–Trinajstić information content (AvgIpc) is 3.17. The number of hydrogen-bond acceptors (Lipinski definition) is 1. The normalized spacial score (nSPS) is 21.5. The number of amides is 1. The van der Waals surface area contributed by atoms with Gasteiger partial charge in [0.25, 0.3) is 0 Å². The van der Waals surface area contributed by atoms with E-state index in [0.717, 1.165) is 25.9 Å². The van der Waals surface area contributed by atoms with Crippen LogP contribution in [0.3, 0.4) is 0 Å². The zero-order chi connectivity index (χ0) is 14.9. The molecule has 2 heteroatoms. The van der Waals surface area contributed by atoms with E-state index in [1.54, 1.807) is 0 Å². The minimum atomic E-state index is -0.185. The molecule has 1 amide bonds. The number of benzene rings is 1. The topological polar surface area (TPSA) is 20.3 Å². The van der Waals surface area contributed by atoms with Crippen LogP contribution < -0.4 is 0 Å². The summed E-state index contributed by atoms with van der Waals surface area (Å²) in [5.74, 6) is 0.398. The van der Waals surface area contributed by atoms with Crippen molar-refractivity contribution in [3.8, 4) is 0 Å². The van der Waals surface area contributed by atoms with Crippen molar-refractivity contribution >= 4 is 5.91 Å². The SMILES string of the molecule is Cc1cc(C)cc(C2(C(=O)N3CCCCCCC3)CC2)c1. The summed E-state index contributed by atoms with van der Waals surface area (Å²) in [6.07, 6.45) is 8.31. The number of rotatable bonds is 2. The number of likely N-dealkylation sites (tertiary alicyclic amines) is 1. The summed E-state index contributed by atoms with van der Waals surface area (Å²) in [5, 5.41) is 0. The molecule has 1 aliphatic carbocycles. The van der Waals surface area contributed by atoms with Crippen LogP contribution in [0.4, 0.5) is 0 Å². The van der Waals surface area contributed by atoms with Gasteiger partial charge in [-0.15, -0.1) is 0 Å². The molecule has 2 nitrogen and oxygen atoms in total. The van der Waals surface area contributed by atoms with Gasteiger partial charge in [0, 0.05) is 13.1 Å². The number of aryl methyl sites for hydroxylation is 2. The molecule has 1 aliphatic heterocycles. The van der Waals surface area contributed by atoms with E-state index in [9.17, 15) is 4.79 Å². The summed E-state index contributed by atoms with van der Waals surface area (Å²) in [4.78, 5) is 15.3. The zero-order valence-corrected chi connectivity index (χ0v) is 13.5. The van der Waals surface area contributed by atoms with Gasteiger partial charge in [-0.3, -0.25) is 4.79 Å². The Morgan fingerprint density at radius 2 is 1.43 bits per heavy atom. The van der Waals surface area contributed by atoms with Crippen molar-refractivity contribution < 1.29 is 4.79 Å². The van der Waals surface area contributed by atoms with Gasteiger partial charge >= 0.3 is 0 Å². The van der Waals surface area contributed by atoms with Crippen LogP contribution in [0.5, 0.6) is 0 Å². The summed E-state index contributed by atoms with van der Waals surface area (Å²) in [6, 6.07) is 6.64. The van der Waals surface area contributed by atoms with Gasteiger partial charge < -0.3 is 4.90 Å². The van der Waals surface area contributed by atoms with Crippen LogP contribution in [0.15, 0.2) is 18.2 Å². The molecule has 1 heterocycles. The highest BCUT2D eigenvalue weighted by Gasteiger charge is 2.52. The van der Waals surface area contributed by atoms with Crippen molar-refractivity contribution in [1.82, 2.24) is 4.90 Å². The molecule has 2 aliphatic rings. The predicted octanol–water partition coefficient (Wildman–Crippen LogP) is 4.13. The summed E-state index contributed by atoms with van der Waals surface area (Å²) < 4.78 is 0. The Morgan fingerprint density at radius 3 is 1.95 bits per heavy atom. The molecule has 3 rings (SSSR count). The van der Waals surface area contributed by atoms with Crippen LogP contribution >= 0.6 is 0 Å². The maximum absolute atomic E-state index is 13.1. The van der Waals surface area contributed by atoms with Crippen LogP contribution in [0.1, 0.15) is 61.6 Å². The van der Waals surface area contributed by atoms with Crippen LogP contribution in [0, 0.1) is 13.8 Å². The van der Waals surface area contributed by atoms with E-state index in [0.29, 0.717) is 5.91 Å². The van der Waals surface area contributed by atoms with Crippen molar-refractivity contribution in [2.75, 3.05) is 13.1 Å². The molecule has 0 radical (unpaired) electrons. The third-order valence-corrected chi connectivity index (χ3v) is 5.08. The first-order valence-corrected chi connectivity index (χ1v) is 8.50. The molecule has 0 bridgehead atoms. The molecule has 0 unspecified atom stereocenters. The van der Waals surface area contributed by atoms with E-state index in [1.165, 1.54) is 48.8 Å². The Balaban J connectivity index is 1.82. The summed E-state index contributed by atoms with van der Waals surface area (Å²) in [6.45, 7) is 6.19. The van der Waals surface area contributed by atoms with Crippen LogP contribution in [-0.4, -0.2) is 23.9 Å². The fourth-order valence-corrected chi connectivity index (χ4v) is 3.76. The van der Waals surface area contributed by atoms with E-state index in [2.05, 4.69) is 36.9 Å². The van der Waals surface area contributed by atoms with E-state index in [-0.39, 0.29) is 5.41 Å². The first-order valence-electron chi connectivity index (χ1n) is 8.50. The van der Waals surface area contributed by atoms with E-state index in [4.69, 9.17) is 0 Å². The minimum Gasteiger partial charge on any atom is -0.342 e. The largest absolute Gasteiger partial charge is 0.342 e. The van der Waals surface area contributed by atoms with Crippen molar-refractivity contribution in [2.45, 2.75) is 64.2 Å². The highest BCUT2D eigenvalue weighted by Crippen LogP contribution is 2.50. The number of nitrogens with zero attached hydrogens (tertiary/aromatic N) is 1. The highest BCUT2D eigenvalue weighted by molar-refractivity contribution is 5.91. The predicted molar refractivity (Wildman–Crippen MR) is 86.5 cm³/mol. The molecule has 0 atom stereocenters. The van der Waals surface area contributed by atoms with Crippen LogP contribution in [0.25, 0.3) is 0 Å². The smallest absolute Gasteiger partial charge is 0.233 e. The molecular weight excluding hydrogens is 258 g/mol. The van der Waals surface area contributed by atoms with Crippen molar-refractivity contribution in [2.24, 2.45) is 0 Å². The highest BCUT2D eigenvalue weighted by atomic mass is 16.2. The van der Waals surface area contributed by atoms with E-state index in [1.807, 2.05) is 0 Å². The first-order chi connectivity index (χ1) is 10.1. The molecule has 1 saturated carbocycles. The molecule has 0 spiro atoms. The molecule has 1 saturated heterocycles. The quantitative estimate of drug-likeness (QED) is 0.800. The lowest BCUT2D eigenvalue weighted by molar-refractivity contribution is -0.134. The summed E-state index contributed by atoms with van der Waals surface area (Å²) >= 11 is 0. The Morgan fingerprint density at radius 1 is 0.905 bits per heavy atom. The fraction of sp³-hybridized carbons (Fsp3) is 0.632. The minimum absolute atomic E-state index is 0.185. The summed E-state index contributed by atoms with van der Waals surface area (Å²) in [7, 11) is 0. The fourth-order valence-electron chi connectivity index (χ4n) is 3.76. The second-order valence-electron chi connectivity index (χ2n) is 7.02. The zero-order valence-electron chi connectivity index (χ0n) is 13.5.